The first-order valence-corrected chi connectivity index (χ1v) is 6.59. The summed E-state index contributed by atoms with van der Waals surface area (Å²) >= 11 is 0. The molecule has 0 unspecified atom stereocenters. The molecule has 18 heavy (non-hydrogen) atoms. The molecule has 0 saturated heterocycles. The molecule has 1 amide bonds. The van der Waals surface area contributed by atoms with Crippen LogP contribution in [0, 0.1) is 5.41 Å². The van der Waals surface area contributed by atoms with Crippen LogP contribution in [-0.4, -0.2) is 17.4 Å². The molecular formula is C14H21N3O. The summed E-state index contributed by atoms with van der Waals surface area (Å²) in [5.74, 6) is 0.375. The maximum Gasteiger partial charge on any atom is 0.250 e. The average Bonchev–Trinajstić information content (AvgIpc) is 2.38. The van der Waals surface area contributed by atoms with E-state index in [0.29, 0.717) is 11.0 Å². The highest BCUT2D eigenvalue weighted by Gasteiger charge is 2.26. The SMILES string of the molecule is CC1(CNc2ccc(C(N)=O)cn2)CCCCC1. The van der Waals surface area contributed by atoms with Gasteiger partial charge in [-0.3, -0.25) is 4.79 Å². The van der Waals surface area contributed by atoms with Gasteiger partial charge in [-0.2, -0.15) is 0 Å². The van der Waals surface area contributed by atoms with Crippen molar-refractivity contribution in [1.82, 2.24) is 4.98 Å². The van der Waals surface area contributed by atoms with E-state index in [2.05, 4.69) is 17.2 Å². The molecule has 3 N–H and O–H groups in total. The molecule has 0 bridgehead atoms. The van der Waals surface area contributed by atoms with E-state index in [0.717, 1.165) is 12.4 Å². The molecule has 1 aliphatic carbocycles. The zero-order chi connectivity index (χ0) is 13.0. The van der Waals surface area contributed by atoms with Crippen molar-refractivity contribution in [3.05, 3.63) is 23.9 Å². The number of nitrogens with two attached hydrogens (primary N) is 1. The summed E-state index contributed by atoms with van der Waals surface area (Å²) in [6.07, 6.45) is 8.09. The van der Waals surface area contributed by atoms with Gasteiger partial charge in [0, 0.05) is 12.7 Å². The summed E-state index contributed by atoms with van der Waals surface area (Å²) in [5, 5.41) is 3.36. The van der Waals surface area contributed by atoms with Crippen LogP contribution in [0.2, 0.25) is 0 Å². The summed E-state index contributed by atoms with van der Waals surface area (Å²) in [6, 6.07) is 3.52. The molecule has 1 heterocycles. The number of hydrogen-bond donors (Lipinski definition) is 2. The van der Waals surface area contributed by atoms with Crippen LogP contribution >= 0.6 is 0 Å². The number of hydrogen-bond acceptors (Lipinski definition) is 3. The van der Waals surface area contributed by atoms with Crippen molar-refractivity contribution in [1.29, 1.82) is 0 Å². The van der Waals surface area contributed by atoms with E-state index in [1.54, 1.807) is 6.07 Å². The van der Waals surface area contributed by atoms with Crippen molar-refractivity contribution >= 4 is 11.7 Å². The van der Waals surface area contributed by atoms with Crippen LogP contribution in [0.15, 0.2) is 18.3 Å². The predicted octanol–water partition coefficient (Wildman–Crippen LogP) is 2.56. The molecule has 0 radical (unpaired) electrons. The van der Waals surface area contributed by atoms with Crippen LogP contribution in [0.3, 0.4) is 0 Å². The van der Waals surface area contributed by atoms with E-state index >= 15 is 0 Å². The maximum atomic E-state index is 10.9. The Morgan fingerprint density at radius 1 is 1.39 bits per heavy atom. The number of anilines is 1. The molecule has 1 aromatic heterocycles. The summed E-state index contributed by atoms with van der Waals surface area (Å²) in [5.41, 5.74) is 6.00. The normalized spacial score (nSPS) is 18.3. The predicted molar refractivity (Wildman–Crippen MR) is 72.4 cm³/mol. The van der Waals surface area contributed by atoms with Gasteiger partial charge in [-0.05, 0) is 30.4 Å². The third-order valence-corrected chi connectivity index (χ3v) is 3.80. The Morgan fingerprint density at radius 3 is 2.67 bits per heavy atom. The fraction of sp³-hybridized carbons (Fsp3) is 0.571. The summed E-state index contributed by atoms with van der Waals surface area (Å²) in [4.78, 5) is 15.1. The minimum absolute atomic E-state index is 0.377. The van der Waals surface area contributed by atoms with E-state index in [-0.39, 0.29) is 0 Å². The van der Waals surface area contributed by atoms with Crippen molar-refractivity contribution in [2.75, 3.05) is 11.9 Å². The number of carbonyl (C=O) groups is 1. The molecule has 0 aromatic carbocycles. The zero-order valence-electron chi connectivity index (χ0n) is 10.9. The smallest absolute Gasteiger partial charge is 0.250 e. The molecule has 1 aliphatic rings. The molecule has 4 heteroatoms. The fourth-order valence-electron chi connectivity index (χ4n) is 2.53. The van der Waals surface area contributed by atoms with Gasteiger partial charge in [0.25, 0.3) is 0 Å². The Labute approximate surface area is 108 Å². The first-order chi connectivity index (χ1) is 8.59. The highest BCUT2D eigenvalue weighted by molar-refractivity contribution is 5.92. The Balaban J connectivity index is 1.91. The molecule has 0 aliphatic heterocycles. The molecule has 0 spiro atoms. The highest BCUT2D eigenvalue weighted by atomic mass is 16.1. The molecular weight excluding hydrogens is 226 g/mol. The van der Waals surface area contributed by atoms with Crippen molar-refractivity contribution in [2.24, 2.45) is 11.1 Å². The van der Waals surface area contributed by atoms with Gasteiger partial charge in [0.05, 0.1) is 5.56 Å². The minimum Gasteiger partial charge on any atom is -0.370 e. The number of pyridine rings is 1. The van der Waals surface area contributed by atoms with Crippen LogP contribution in [0.25, 0.3) is 0 Å². The lowest BCUT2D eigenvalue weighted by molar-refractivity contribution is 0.1000. The zero-order valence-corrected chi connectivity index (χ0v) is 10.9. The molecule has 2 rings (SSSR count). The Morgan fingerprint density at radius 2 is 2.11 bits per heavy atom. The second-order valence-electron chi connectivity index (χ2n) is 5.52. The molecule has 1 aromatic rings. The van der Waals surface area contributed by atoms with Gasteiger partial charge in [-0.1, -0.05) is 26.2 Å². The lowest BCUT2D eigenvalue weighted by Crippen LogP contribution is -2.29. The summed E-state index contributed by atoms with van der Waals surface area (Å²) in [7, 11) is 0. The van der Waals surface area contributed by atoms with Crippen LogP contribution in [-0.2, 0) is 0 Å². The van der Waals surface area contributed by atoms with E-state index in [1.165, 1.54) is 38.3 Å². The van der Waals surface area contributed by atoms with Crippen LogP contribution in [0.5, 0.6) is 0 Å². The largest absolute Gasteiger partial charge is 0.370 e. The number of nitrogens with zero attached hydrogens (tertiary/aromatic N) is 1. The van der Waals surface area contributed by atoms with Gasteiger partial charge in [-0.15, -0.1) is 0 Å². The standard InChI is InChI=1S/C14H21N3O/c1-14(7-3-2-4-8-14)10-17-12-6-5-11(9-16-12)13(15)18/h5-6,9H,2-4,7-8,10H2,1H3,(H2,15,18)(H,16,17). The number of rotatable bonds is 4. The monoisotopic (exact) mass is 247 g/mol. The van der Waals surface area contributed by atoms with Gasteiger partial charge < -0.3 is 11.1 Å². The topological polar surface area (TPSA) is 68.0 Å². The second-order valence-corrected chi connectivity index (χ2v) is 5.52. The van der Waals surface area contributed by atoms with E-state index in [4.69, 9.17) is 5.73 Å². The first kappa shape index (κ1) is 12.9. The number of nitrogens with one attached hydrogen (secondary N) is 1. The van der Waals surface area contributed by atoms with Gasteiger partial charge in [0.15, 0.2) is 0 Å². The third-order valence-electron chi connectivity index (χ3n) is 3.80. The Bertz CT molecular complexity index is 408. The second kappa shape index (κ2) is 5.38. The Hall–Kier alpha value is -1.58. The van der Waals surface area contributed by atoms with Gasteiger partial charge in [0.1, 0.15) is 5.82 Å². The van der Waals surface area contributed by atoms with Gasteiger partial charge >= 0.3 is 0 Å². The van der Waals surface area contributed by atoms with Crippen LogP contribution in [0.4, 0.5) is 5.82 Å². The quantitative estimate of drug-likeness (QED) is 0.859. The number of carbonyl (C=O) groups excluding carboxylic acids is 1. The van der Waals surface area contributed by atoms with Gasteiger partial charge in [0.2, 0.25) is 5.91 Å². The van der Waals surface area contributed by atoms with E-state index in [1.807, 2.05) is 6.07 Å². The van der Waals surface area contributed by atoms with E-state index < -0.39 is 5.91 Å². The van der Waals surface area contributed by atoms with Crippen molar-refractivity contribution in [3.8, 4) is 0 Å². The number of primary amides is 1. The Kier molecular flexibility index (Phi) is 3.84. The summed E-state index contributed by atoms with van der Waals surface area (Å²) in [6.45, 7) is 3.27. The van der Waals surface area contributed by atoms with Gasteiger partial charge in [-0.25, -0.2) is 4.98 Å². The molecule has 0 atom stereocenters. The van der Waals surface area contributed by atoms with E-state index in [9.17, 15) is 4.79 Å². The van der Waals surface area contributed by atoms with Crippen LogP contribution in [0.1, 0.15) is 49.4 Å². The maximum absolute atomic E-state index is 10.9. The van der Waals surface area contributed by atoms with Crippen molar-refractivity contribution in [3.63, 3.8) is 0 Å². The van der Waals surface area contributed by atoms with Crippen molar-refractivity contribution < 1.29 is 4.79 Å². The van der Waals surface area contributed by atoms with Crippen LogP contribution < -0.4 is 11.1 Å². The molecule has 4 nitrogen and oxygen atoms in total. The lowest BCUT2D eigenvalue weighted by Gasteiger charge is -2.33. The average molecular weight is 247 g/mol. The molecule has 98 valence electrons. The fourth-order valence-corrected chi connectivity index (χ4v) is 2.53. The molecule has 1 saturated carbocycles. The first-order valence-electron chi connectivity index (χ1n) is 6.59. The lowest BCUT2D eigenvalue weighted by atomic mass is 9.76. The van der Waals surface area contributed by atoms with Crippen molar-refractivity contribution in [2.45, 2.75) is 39.0 Å². The number of aromatic nitrogens is 1. The minimum atomic E-state index is -0.437. The summed E-state index contributed by atoms with van der Waals surface area (Å²) < 4.78 is 0. The number of amides is 1. The third kappa shape index (κ3) is 3.22. The molecule has 1 fully saturated rings. The highest BCUT2D eigenvalue weighted by Crippen LogP contribution is 2.35.